The van der Waals surface area contributed by atoms with E-state index in [9.17, 15) is 4.79 Å². The Balaban J connectivity index is 2.02. The minimum absolute atomic E-state index is 0.0266. The highest BCUT2D eigenvalue weighted by atomic mass is 16.3. The molecular weight excluding hydrogens is 262 g/mol. The van der Waals surface area contributed by atoms with E-state index in [1.165, 1.54) is 5.56 Å². The average molecular weight is 279 g/mol. The van der Waals surface area contributed by atoms with Gasteiger partial charge in [-0.05, 0) is 51.1 Å². The van der Waals surface area contributed by atoms with E-state index >= 15 is 0 Å². The number of fused-ring (bicyclic) bond motifs is 1. The number of hydrogen-bond donors (Lipinski definition) is 1. The Morgan fingerprint density at radius 1 is 1.00 bits per heavy atom. The molecule has 0 aliphatic carbocycles. The van der Waals surface area contributed by atoms with Crippen LogP contribution in [0.5, 0.6) is 0 Å². The van der Waals surface area contributed by atoms with Crippen LogP contribution in [0.1, 0.15) is 28.6 Å². The minimum Gasteiger partial charge on any atom is -0.461 e. The zero-order valence-electron chi connectivity index (χ0n) is 12.4. The second kappa shape index (κ2) is 5.09. The second-order valence-corrected chi connectivity index (χ2v) is 5.29. The Hall–Kier alpha value is -2.55. The molecule has 0 saturated heterocycles. The van der Waals surface area contributed by atoms with E-state index in [4.69, 9.17) is 4.42 Å². The van der Waals surface area contributed by atoms with Crippen molar-refractivity contribution in [2.24, 2.45) is 0 Å². The van der Waals surface area contributed by atoms with Crippen molar-refractivity contribution in [3.05, 3.63) is 59.4 Å². The number of Topliss-reactive ketones (excluding diaryl/α,β-unsaturated/α-hetero) is 1. The van der Waals surface area contributed by atoms with E-state index < -0.39 is 0 Å². The summed E-state index contributed by atoms with van der Waals surface area (Å²) in [6, 6.07) is 14.0. The van der Waals surface area contributed by atoms with Crippen molar-refractivity contribution >= 4 is 28.1 Å². The topological polar surface area (TPSA) is 42.2 Å². The van der Waals surface area contributed by atoms with E-state index in [0.717, 1.165) is 22.3 Å². The molecule has 3 aromatic rings. The monoisotopic (exact) mass is 279 g/mol. The van der Waals surface area contributed by atoms with Gasteiger partial charge in [-0.25, -0.2) is 0 Å². The summed E-state index contributed by atoms with van der Waals surface area (Å²) in [6.45, 7) is 5.45. The first-order chi connectivity index (χ1) is 10.0. The standard InChI is InChI=1S/C18H17NO2/c1-11-4-6-14(7-5-11)19-15-8-9-17-16(10-15)18(12(2)20)13(3)21-17/h4-10,19H,1-3H3. The smallest absolute Gasteiger partial charge is 0.163 e. The lowest BCUT2D eigenvalue weighted by Crippen LogP contribution is -1.94. The Morgan fingerprint density at radius 2 is 1.67 bits per heavy atom. The van der Waals surface area contributed by atoms with Gasteiger partial charge in [0.2, 0.25) is 0 Å². The Morgan fingerprint density at radius 3 is 2.33 bits per heavy atom. The summed E-state index contributed by atoms with van der Waals surface area (Å²) in [4.78, 5) is 11.8. The number of ketones is 1. The van der Waals surface area contributed by atoms with Gasteiger partial charge in [-0.15, -0.1) is 0 Å². The third kappa shape index (κ3) is 2.55. The molecule has 0 spiro atoms. The maximum atomic E-state index is 11.8. The maximum Gasteiger partial charge on any atom is 0.163 e. The van der Waals surface area contributed by atoms with Gasteiger partial charge in [0.05, 0.1) is 5.56 Å². The number of carbonyl (C=O) groups excluding carboxylic acids is 1. The third-order valence-corrected chi connectivity index (χ3v) is 3.56. The summed E-state index contributed by atoms with van der Waals surface area (Å²) in [5, 5.41) is 4.20. The van der Waals surface area contributed by atoms with E-state index in [2.05, 4.69) is 24.4 Å². The molecule has 2 aromatic carbocycles. The molecule has 3 nitrogen and oxygen atoms in total. The fourth-order valence-corrected chi connectivity index (χ4v) is 2.54. The van der Waals surface area contributed by atoms with Gasteiger partial charge in [0.15, 0.2) is 5.78 Å². The van der Waals surface area contributed by atoms with Crippen LogP contribution in [-0.4, -0.2) is 5.78 Å². The predicted molar refractivity (Wildman–Crippen MR) is 85.4 cm³/mol. The zero-order chi connectivity index (χ0) is 15.0. The summed E-state index contributed by atoms with van der Waals surface area (Å²) in [7, 11) is 0. The van der Waals surface area contributed by atoms with Crippen LogP contribution in [-0.2, 0) is 0 Å². The van der Waals surface area contributed by atoms with Crippen molar-refractivity contribution in [1.82, 2.24) is 0 Å². The first kappa shape index (κ1) is 13.4. The van der Waals surface area contributed by atoms with E-state index in [1.807, 2.05) is 37.3 Å². The van der Waals surface area contributed by atoms with Crippen LogP contribution >= 0.6 is 0 Å². The summed E-state index contributed by atoms with van der Waals surface area (Å²) in [5.74, 6) is 0.698. The molecule has 0 saturated carbocycles. The number of aryl methyl sites for hydroxylation is 2. The number of rotatable bonds is 3. The molecule has 3 heteroatoms. The lowest BCUT2D eigenvalue weighted by molar-refractivity contribution is 0.101. The second-order valence-electron chi connectivity index (χ2n) is 5.29. The van der Waals surface area contributed by atoms with E-state index in [0.29, 0.717) is 11.3 Å². The van der Waals surface area contributed by atoms with Gasteiger partial charge < -0.3 is 9.73 Å². The molecule has 0 fully saturated rings. The van der Waals surface area contributed by atoms with Crippen LogP contribution in [0.3, 0.4) is 0 Å². The Bertz CT molecular complexity index is 813. The van der Waals surface area contributed by atoms with Crippen LogP contribution in [0, 0.1) is 13.8 Å². The summed E-state index contributed by atoms with van der Waals surface area (Å²) in [6.07, 6.45) is 0. The average Bonchev–Trinajstić information content (AvgIpc) is 2.76. The van der Waals surface area contributed by atoms with Gasteiger partial charge in [0.1, 0.15) is 11.3 Å². The van der Waals surface area contributed by atoms with Crippen molar-refractivity contribution in [2.45, 2.75) is 20.8 Å². The third-order valence-electron chi connectivity index (χ3n) is 3.56. The number of nitrogens with one attached hydrogen (secondary N) is 1. The molecule has 0 radical (unpaired) electrons. The van der Waals surface area contributed by atoms with Crippen LogP contribution in [0.2, 0.25) is 0 Å². The number of anilines is 2. The lowest BCUT2D eigenvalue weighted by Gasteiger charge is -2.07. The van der Waals surface area contributed by atoms with E-state index in [1.54, 1.807) is 6.92 Å². The van der Waals surface area contributed by atoms with Crippen molar-refractivity contribution in [3.8, 4) is 0 Å². The fourth-order valence-electron chi connectivity index (χ4n) is 2.54. The van der Waals surface area contributed by atoms with Crippen LogP contribution < -0.4 is 5.32 Å². The molecule has 0 aliphatic heterocycles. The number of benzene rings is 2. The summed E-state index contributed by atoms with van der Waals surface area (Å²) >= 11 is 0. The predicted octanol–water partition coefficient (Wildman–Crippen LogP) is 5.00. The van der Waals surface area contributed by atoms with Crippen LogP contribution in [0.25, 0.3) is 11.0 Å². The Kier molecular flexibility index (Phi) is 3.26. The molecule has 0 aliphatic rings. The minimum atomic E-state index is 0.0266. The fraction of sp³-hybridized carbons (Fsp3) is 0.167. The van der Waals surface area contributed by atoms with Gasteiger partial charge in [-0.2, -0.15) is 0 Å². The van der Waals surface area contributed by atoms with Gasteiger partial charge in [-0.1, -0.05) is 17.7 Å². The molecular formula is C18H17NO2. The highest BCUT2D eigenvalue weighted by molar-refractivity contribution is 6.07. The SMILES string of the molecule is CC(=O)c1c(C)oc2ccc(Nc3ccc(C)cc3)cc12. The zero-order valence-corrected chi connectivity index (χ0v) is 12.4. The molecule has 106 valence electrons. The number of furan rings is 1. The lowest BCUT2D eigenvalue weighted by atomic mass is 10.1. The van der Waals surface area contributed by atoms with Crippen LogP contribution in [0.15, 0.2) is 46.9 Å². The highest BCUT2D eigenvalue weighted by Gasteiger charge is 2.15. The quantitative estimate of drug-likeness (QED) is 0.686. The van der Waals surface area contributed by atoms with Gasteiger partial charge in [0.25, 0.3) is 0 Å². The number of carbonyl (C=O) groups is 1. The Labute approximate surface area is 123 Å². The molecule has 1 aromatic heterocycles. The van der Waals surface area contributed by atoms with Gasteiger partial charge in [-0.3, -0.25) is 4.79 Å². The van der Waals surface area contributed by atoms with Crippen molar-refractivity contribution < 1.29 is 9.21 Å². The highest BCUT2D eigenvalue weighted by Crippen LogP contribution is 2.29. The summed E-state index contributed by atoms with van der Waals surface area (Å²) in [5.41, 5.74) is 4.59. The maximum absolute atomic E-state index is 11.8. The molecule has 0 unspecified atom stereocenters. The molecule has 21 heavy (non-hydrogen) atoms. The van der Waals surface area contributed by atoms with E-state index in [-0.39, 0.29) is 5.78 Å². The number of hydrogen-bond acceptors (Lipinski definition) is 3. The first-order valence-electron chi connectivity index (χ1n) is 6.92. The molecule has 3 rings (SSSR count). The van der Waals surface area contributed by atoms with Crippen molar-refractivity contribution in [2.75, 3.05) is 5.32 Å². The normalized spacial score (nSPS) is 10.8. The molecule has 0 amide bonds. The van der Waals surface area contributed by atoms with Gasteiger partial charge in [0, 0.05) is 16.8 Å². The van der Waals surface area contributed by atoms with Crippen molar-refractivity contribution in [3.63, 3.8) is 0 Å². The molecule has 0 atom stereocenters. The summed E-state index contributed by atoms with van der Waals surface area (Å²) < 4.78 is 5.63. The van der Waals surface area contributed by atoms with Crippen LogP contribution in [0.4, 0.5) is 11.4 Å². The first-order valence-corrected chi connectivity index (χ1v) is 6.92. The van der Waals surface area contributed by atoms with Crippen molar-refractivity contribution in [1.29, 1.82) is 0 Å². The largest absolute Gasteiger partial charge is 0.461 e. The molecule has 1 N–H and O–H groups in total. The molecule has 0 bridgehead atoms. The van der Waals surface area contributed by atoms with Gasteiger partial charge >= 0.3 is 0 Å². The molecule has 1 heterocycles.